The van der Waals surface area contributed by atoms with E-state index < -0.39 is 0 Å². The number of hydrogen-bond donors (Lipinski definition) is 0. The highest BCUT2D eigenvalue weighted by molar-refractivity contribution is 6.31. The summed E-state index contributed by atoms with van der Waals surface area (Å²) < 4.78 is 13.7. The molecule has 3 heteroatoms. The van der Waals surface area contributed by atoms with Gasteiger partial charge in [0.2, 0.25) is 0 Å². The summed E-state index contributed by atoms with van der Waals surface area (Å²) in [7, 11) is 0. The summed E-state index contributed by atoms with van der Waals surface area (Å²) in [6.45, 7) is 0. The molecule has 1 aromatic rings. The number of hydrogen-bond acceptors (Lipinski definition) is 0. The van der Waals surface area contributed by atoms with E-state index in [1.807, 2.05) is 0 Å². The predicted octanol–water partition coefficient (Wildman–Crippen LogP) is 5.60. The molecular weight excluding hydrogens is 270 g/mol. The van der Waals surface area contributed by atoms with Gasteiger partial charge in [0, 0.05) is 16.0 Å². The van der Waals surface area contributed by atoms with Crippen LogP contribution in [0.5, 0.6) is 0 Å². The Morgan fingerprint density at radius 1 is 1.17 bits per heavy atom. The molecule has 1 aliphatic rings. The molecule has 2 rings (SSSR count). The molecular formula is C15H19Cl2F. The molecule has 1 atom stereocenters. The summed E-state index contributed by atoms with van der Waals surface area (Å²) in [6, 6.07) is 4.82. The van der Waals surface area contributed by atoms with E-state index in [2.05, 4.69) is 0 Å². The van der Waals surface area contributed by atoms with Crippen molar-refractivity contribution in [3.8, 4) is 0 Å². The summed E-state index contributed by atoms with van der Waals surface area (Å²) in [6.07, 6.45) is 7.98. The second-order valence-electron chi connectivity index (χ2n) is 5.17. The monoisotopic (exact) mass is 288 g/mol. The minimum Gasteiger partial charge on any atom is -0.207 e. The Balaban J connectivity index is 2.03. The molecule has 0 bridgehead atoms. The Hall–Kier alpha value is -0.270. The molecule has 0 heterocycles. The van der Waals surface area contributed by atoms with Crippen LogP contribution in [0.2, 0.25) is 5.02 Å². The van der Waals surface area contributed by atoms with Crippen molar-refractivity contribution in [2.24, 2.45) is 5.92 Å². The molecule has 100 valence electrons. The third-order valence-electron chi connectivity index (χ3n) is 3.87. The number of rotatable bonds is 3. The van der Waals surface area contributed by atoms with Crippen LogP contribution in [0.1, 0.15) is 44.1 Å². The lowest BCUT2D eigenvalue weighted by Gasteiger charge is -2.21. The van der Waals surface area contributed by atoms with E-state index in [-0.39, 0.29) is 11.2 Å². The van der Waals surface area contributed by atoms with Crippen LogP contribution in [-0.2, 0) is 6.42 Å². The highest BCUT2D eigenvalue weighted by Gasteiger charge is 2.23. The van der Waals surface area contributed by atoms with Gasteiger partial charge in [0.1, 0.15) is 5.82 Å². The van der Waals surface area contributed by atoms with Crippen LogP contribution >= 0.6 is 23.2 Å². The zero-order valence-corrected chi connectivity index (χ0v) is 12.0. The van der Waals surface area contributed by atoms with Crippen LogP contribution in [-0.4, -0.2) is 5.38 Å². The zero-order valence-electron chi connectivity index (χ0n) is 10.5. The van der Waals surface area contributed by atoms with Gasteiger partial charge in [0.15, 0.2) is 0 Å². The molecule has 1 unspecified atom stereocenters. The van der Waals surface area contributed by atoms with E-state index in [4.69, 9.17) is 23.2 Å². The minimum absolute atomic E-state index is 0.00231. The van der Waals surface area contributed by atoms with Gasteiger partial charge < -0.3 is 0 Å². The van der Waals surface area contributed by atoms with Crippen molar-refractivity contribution in [1.29, 1.82) is 0 Å². The van der Waals surface area contributed by atoms with Gasteiger partial charge in [-0.3, -0.25) is 0 Å². The average Bonchev–Trinajstić information content (AvgIpc) is 2.62. The Kier molecular flexibility index (Phi) is 5.32. The maximum absolute atomic E-state index is 13.7. The highest BCUT2D eigenvalue weighted by Crippen LogP contribution is 2.32. The SMILES string of the molecule is Fc1cccc(Cl)c1CC(Cl)C1CCCCCC1. The molecule has 1 aromatic carbocycles. The van der Waals surface area contributed by atoms with Crippen LogP contribution in [0.25, 0.3) is 0 Å². The molecule has 1 fully saturated rings. The van der Waals surface area contributed by atoms with Gasteiger partial charge >= 0.3 is 0 Å². The molecule has 0 saturated heterocycles. The summed E-state index contributed by atoms with van der Waals surface area (Å²) in [5.74, 6) is 0.270. The summed E-state index contributed by atoms with van der Waals surface area (Å²) in [5.41, 5.74) is 0.573. The lowest BCUT2D eigenvalue weighted by Crippen LogP contribution is -2.18. The van der Waals surface area contributed by atoms with Gasteiger partial charge in [-0.2, -0.15) is 0 Å². The van der Waals surface area contributed by atoms with Gasteiger partial charge in [-0.15, -0.1) is 11.6 Å². The van der Waals surface area contributed by atoms with Gasteiger partial charge in [0.05, 0.1) is 0 Å². The second kappa shape index (κ2) is 6.77. The fourth-order valence-corrected chi connectivity index (χ4v) is 3.41. The first-order chi connectivity index (χ1) is 8.68. The van der Waals surface area contributed by atoms with E-state index in [0.29, 0.717) is 22.9 Å². The Bertz CT molecular complexity index is 364. The van der Waals surface area contributed by atoms with Gasteiger partial charge in [-0.1, -0.05) is 43.4 Å². The van der Waals surface area contributed by atoms with E-state index in [9.17, 15) is 4.39 Å². The first kappa shape index (κ1) is 14.1. The predicted molar refractivity (Wildman–Crippen MR) is 75.9 cm³/mol. The van der Waals surface area contributed by atoms with Crippen molar-refractivity contribution in [2.45, 2.75) is 50.3 Å². The maximum Gasteiger partial charge on any atom is 0.127 e. The summed E-state index contributed by atoms with van der Waals surface area (Å²) in [4.78, 5) is 0. The van der Waals surface area contributed by atoms with Crippen molar-refractivity contribution < 1.29 is 4.39 Å². The number of alkyl halides is 1. The smallest absolute Gasteiger partial charge is 0.127 e. The van der Waals surface area contributed by atoms with Crippen molar-refractivity contribution in [2.75, 3.05) is 0 Å². The lowest BCUT2D eigenvalue weighted by molar-refractivity contribution is 0.432. The molecule has 0 aromatic heterocycles. The Morgan fingerprint density at radius 3 is 2.44 bits per heavy atom. The molecule has 1 saturated carbocycles. The van der Waals surface area contributed by atoms with Crippen LogP contribution < -0.4 is 0 Å². The zero-order chi connectivity index (χ0) is 13.0. The number of halogens is 3. The van der Waals surface area contributed by atoms with Crippen molar-refractivity contribution in [3.05, 3.63) is 34.6 Å². The van der Waals surface area contributed by atoms with Gasteiger partial charge in [-0.25, -0.2) is 4.39 Å². The maximum atomic E-state index is 13.7. The van der Waals surface area contributed by atoms with Crippen molar-refractivity contribution in [1.82, 2.24) is 0 Å². The van der Waals surface area contributed by atoms with Crippen molar-refractivity contribution >= 4 is 23.2 Å². The first-order valence-electron chi connectivity index (χ1n) is 6.75. The third-order valence-corrected chi connectivity index (χ3v) is 4.74. The van der Waals surface area contributed by atoms with Crippen LogP contribution in [0, 0.1) is 11.7 Å². The minimum atomic E-state index is -0.234. The van der Waals surface area contributed by atoms with Crippen LogP contribution in [0.4, 0.5) is 4.39 Å². The normalized spacial score (nSPS) is 19.5. The topological polar surface area (TPSA) is 0 Å². The van der Waals surface area contributed by atoms with Crippen LogP contribution in [0.3, 0.4) is 0 Å². The molecule has 0 radical (unpaired) electrons. The van der Waals surface area contributed by atoms with E-state index in [1.54, 1.807) is 12.1 Å². The fraction of sp³-hybridized carbons (Fsp3) is 0.600. The number of benzene rings is 1. The lowest BCUT2D eigenvalue weighted by atomic mass is 9.92. The van der Waals surface area contributed by atoms with Crippen LogP contribution in [0.15, 0.2) is 18.2 Å². The molecule has 1 aliphatic carbocycles. The molecule has 0 amide bonds. The van der Waals surface area contributed by atoms with Crippen molar-refractivity contribution in [3.63, 3.8) is 0 Å². The van der Waals surface area contributed by atoms with E-state index in [1.165, 1.54) is 44.6 Å². The van der Waals surface area contributed by atoms with Gasteiger partial charge in [0.25, 0.3) is 0 Å². The molecule has 18 heavy (non-hydrogen) atoms. The highest BCUT2D eigenvalue weighted by atomic mass is 35.5. The van der Waals surface area contributed by atoms with Gasteiger partial charge in [-0.05, 0) is 37.3 Å². The average molecular weight is 289 g/mol. The molecule has 0 spiro atoms. The quantitative estimate of drug-likeness (QED) is 0.502. The third kappa shape index (κ3) is 3.61. The standard InChI is InChI=1S/C15H19Cl2F/c16-13-8-5-9-15(18)12(13)10-14(17)11-6-3-1-2-4-7-11/h5,8-9,11,14H,1-4,6-7,10H2. The fourth-order valence-electron chi connectivity index (χ4n) is 2.76. The first-order valence-corrected chi connectivity index (χ1v) is 7.57. The summed E-state index contributed by atoms with van der Waals surface area (Å²) >= 11 is 12.5. The van der Waals surface area contributed by atoms with E-state index in [0.717, 1.165) is 0 Å². The largest absolute Gasteiger partial charge is 0.207 e. The van der Waals surface area contributed by atoms with E-state index >= 15 is 0 Å². The summed E-state index contributed by atoms with van der Waals surface area (Å²) in [5, 5.41) is 0.492. The Labute approximate surface area is 118 Å². The Morgan fingerprint density at radius 2 is 1.83 bits per heavy atom. The molecule has 0 N–H and O–H groups in total. The second-order valence-corrected chi connectivity index (χ2v) is 6.14. The molecule has 0 nitrogen and oxygen atoms in total. The molecule has 0 aliphatic heterocycles.